The average molecular weight is 424 g/mol. The molecule has 5 rings (SSSR count). The molecule has 0 saturated carbocycles. The zero-order valence-corrected chi connectivity index (χ0v) is 16.6. The second-order valence-corrected chi connectivity index (χ2v) is 6.49. The quantitative estimate of drug-likeness (QED) is 0.385. The summed E-state index contributed by atoms with van der Waals surface area (Å²) < 4.78 is 2.98. The Morgan fingerprint density at radius 1 is 0.531 bits per heavy atom. The molecule has 0 aliphatic heterocycles. The van der Waals surface area contributed by atoms with Gasteiger partial charge in [0.05, 0.1) is 24.8 Å². The molecule has 0 spiro atoms. The highest BCUT2D eigenvalue weighted by molar-refractivity contribution is 5.80. The predicted octanol–water partition coefficient (Wildman–Crippen LogP) is 2.25. The standard InChI is InChI=1S/C20H16N12/c1-3-7-17-11-25-31-13-23-30-20(31)28-22-10-16-6-2-4-8-18(16)12-26-32-14-24-29-19(32)27-21-9-15(17)5-1/h1-14H,(H,27,29)(H,28,30). The van der Waals surface area contributed by atoms with Gasteiger partial charge in [-0.1, -0.05) is 48.5 Å². The summed E-state index contributed by atoms with van der Waals surface area (Å²) in [6.07, 6.45) is 9.67. The van der Waals surface area contributed by atoms with E-state index in [-0.39, 0.29) is 0 Å². The topological polar surface area (TPSA) is 144 Å². The van der Waals surface area contributed by atoms with Gasteiger partial charge in [-0.15, -0.1) is 20.4 Å². The summed E-state index contributed by atoms with van der Waals surface area (Å²) in [5, 5.41) is 42.3. The number of rotatable bonds is 0. The van der Waals surface area contributed by atoms with Gasteiger partial charge in [0.15, 0.2) is 0 Å². The van der Waals surface area contributed by atoms with Crippen LogP contribution in [-0.2, 0) is 0 Å². The first-order valence-corrected chi connectivity index (χ1v) is 9.52. The van der Waals surface area contributed by atoms with Gasteiger partial charge in [0.25, 0.3) is 11.6 Å². The van der Waals surface area contributed by atoms with Crippen LogP contribution in [0, 0.1) is 0 Å². The summed E-state index contributed by atoms with van der Waals surface area (Å²) in [6.45, 7) is 0. The number of hydrogen-bond acceptors (Lipinski definition) is 8. The third-order valence-electron chi connectivity index (χ3n) is 4.43. The van der Waals surface area contributed by atoms with E-state index in [1.807, 2.05) is 48.5 Å². The minimum Gasteiger partial charge on any atom is -0.244 e. The number of hydrogen-bond donors (Lipinski definition) is 2. The first kappa shape index (κ1) is 19.0. The van der Waals surface area contributed by atoms with Crippen LogP contribution in [0.1, 0.15) is 0 Å². The molecule has 0 aliphatic carbocycles. The van der Waals surface area contributed by atoms with E-state index in [2.05, 4.69) is 51.0 Å². The molecule has 12 heteroatoms. The number of nitrogens with one attached hydrogen (secondary N) is 2. The van der Waals surface area contributed by atoms with Gasteiger partial charge in [0.1, 0.15) is 12.7 Å². The molecule has 2 aromatic carbocycles. The molecule has 3 heterocycles. The van der Waals surface area contributed by atoms with Gasteiger partial charge in [-0.3, -0.25) is 0 Å². The molecule has 2 N–H and O–H groups in total. The van der Waals surface area contributed by atoms with Gasteiger partial charge in [-0.05, 0) is 0 Å². The van der Waals surface area contributed by atoms with Crippen LogP contribution in [0.3, 0.4) is 0 Å². The van der Waals surface area contributed by atoms with E-state index >= 15 is 0 Å². The fourth-order valence-electron chi connectivity index (χ4n) is 2.84. The number of H-pyrrole nitrogens is 2. The van der Waals surface area contributed by atoms with Gasteiger partial charge in [-0.25, -0.2) is 10.2 Å². The second-order valence-electron chi connectivity index (χ2n) is 6.49. The first-order chi connectivity index (χ1) is 15.9. The van der Waals surface area contributed by atoms with Crippen molar-refractivity contribution in [2.45, 2.75) is 0 Å². The molecule has 5 aromatic rings. The molecule has 156 valence electrons. The largest absolute Gasteiger partial charge is 0.265 e. The van der Waals surface area contributed by atoms with E-state index < -0.39 is 0 Å². The Bertz CT molecular complexity index is 1480. The predicted molar refractivity (Wildman–Crippen MR) is 116 cm³/mol. The lowest BCUT2D eigenvalue weighted by atomic mass is 10.2. The maximum absolute atomic E-state index is 4.42. The zero-order valence-electron chi connectivity index (χ0n) is 16.6. The minimum absolute atomic E-state index is 0.367. The van der Waals surface area contributed by atoms with E-state index in [0.29, 0.717) is 11.6 Å². The number of fused-ring (bicyclic) bond motifs is 4. The summed E-state index contributed by atoms with van der Waals surface area (Å²) >= 11 is 0. The lowest BCUT2D eigenvalue weighted by Gasteiger charge is -1.91. The van der Waals surface area contributed by atoms with Crippen molar-refractivity contribution < 1.29 is 0 Å². The average Bonchev–Trinajstić information content (AvgIpc) is 3.46. The molecule has 0 bridgehead atoms. The van der Waals surface area contributed by atoms with Crippen molar-refractivity contribution in [2.75, 3.05) is 0 Å². The third kappa shape index (κ3) is 4.14. The van der Waals surface area contributed by atoms with Crippen LogP contribution in [0.25, 0.3) is 33.1 Å². The summed E-state index contributed by atoms with van der Waals surface area (Å²) in [5.41, 5.74) is 0. The SMILES string of the molecule is c1ccc2cnn3cnnc3[nH]ncc3ccccc3cnn3cnnc3[nH]ncc2c1. The van der Waals surface area contributed by atoms with E-state index in [1.165, 1.54) is 21.7 Å². The zero-order chi connectivity index (χ0) is 21.6. The van der Waals surface area contributed by atoms with Crippen molar-refractivity contribution in [2.24, 2.45) is 0 Å². The molecule has 0 aliphatic rings. The summed E-state index contributed by atoms with van der Waals surface area (Å²) in [4.78, 5) is 0. The second kappa shape index (κ2) is 8.79. The van der Waals surface area contributed by atoms with Crippen LogP contribution < -0.4 is 0 Å². The maximum Gasteiger partial charge on any atom is 0.265 e. The summed E-state index contributed by atoms with van der Waals surface area (Å²) in [7, 11) is 0. The summed E-state index contributed by atoms with van der Waals surface area (Å²) in [5.74, 6) is 0.735. The molecule has 0 unspecified atom stereocenters. The normalized spacial score (nSPS) is 10.5. The molecule has 32 heavy (non-hydrogen) atoms. The minimum atomic E-state index is 0.367. The molecule has 0 radical (unpaired) electrons. The van der Waals surface area contributed by atoms with Gasteiger partial charge in [0.2, 0.25) is 0 Å². The van der Waals surface area contributed by atoms with E-state index in [0.717, 1.165) is 21.5 Å². The van der Waals surface area contributed by atoms with Crippen molar-refractivity contribution >= 4 is 33.1 Å². The van der Waals surface area contributed by atoms with Crippen molar-refractivity contribution in [3.05, 3.63) is 86.0 Å². The highest BCUT2D eigenvalue weighted by atomic mass is 15.4. The lowest BCUT2D eigenvalue weighted by molar-refractivity contribution is 0.900. The Labute approximate surface area is 179 Å². The molecule has 3 aromatic heterocycles. The smallest absolute Gasteiger partial charge is 0.244 e. The van der Waals surface area contributed by atoms with Crippen molar-refractivity contribution in [3.8, 4) is 0 Å². The fraction of sp³-hybridized carbons (Fsp3) is 0. The Hall–Kier alpha value is -5.00. The molecular weight excluding hydrogens is 408 g/mol. The Balaban J connectivity index is 1.85. The number of aromatic nitrogens is 12. The van der Waals surface area contributed by atoms with E-state index in [4.69, 9.17) is 0 Å². The van der Waals surface area contributed by atoms with Crippen LogP contribution in [0.4, 0.5) is 0 Å². The third-order valence-corrected chi connectivity index (χ3v) is 4.43. The van der Waals surface area contributed by atoms with Crippen molar-refractivity contribution in [1.29, 1.82) is 0 Å². The molecule has 0 fully saturated rings. The Morgan fingerprint density at radius 2 is 0.938 bits per heavy atom. The molecule has 0 amide bonds. The van der Waals surface area contributed by atoms with Crippen LogP contribution in [0.15, 0.2) is 86.0 Å². The number of nitrogens with zero attached hydrogens (tertiary/aromatic N) is 10. The van der Waals surface area contributed by atoms with Crippen LogP contribution in [0.2, 0.25) is 0 Å². The monoisotopic (exact) mass is 424 g/mol. The fourth-order valence-corrected chi connectivity index (χ4v) is 2.84. The van der Waals surface area contributed by atoms with E-state index in [1.54, 1.807) is 24.8 Å². The number of benzene rings is 2. The molecule has 0 saturated heterocycles. The van der Waals surface area contributed by atoms with Crippen LogP contribution in [-0.4, -0.2) is 60.0 Å². The lowest BCUT2D eigenvalue weighted by Crippen LogP contribution is -1.89. The van der Waals surface area contributed by atoms with Crippen LogP contribution >= 0.6 is 0 Å². The molecular formula is C20H16N12. The van der Waals surface area contributed by atoms with Crippen LogP contribution in [0.5, 0.6) is 0 Å². The van der Waals surface area contributed by atoms with Gasteiger partial charge in [0, 0.05) is 21.5 Å². The van der Waals surface area contributed by atoms with Crippen molar-refractivity contribution in [3.63, 3.8) is 0 Å². The van der Waals surface area contributed by atoms with Gasteiger partial charge < -0.3 is 0 Å². The van der Waals surface area contributed by atoms with Gasteiger partial charge >= 0.3 is 0 Å². The van der Waals surface area contributed by atoms with Crippen molar-refractivity contribution in [1.82, 2.24) is 60.0 Å². The first-order valence-electron chi connectivity index (χ1n) is 9.52. The Morgan fingerprint density at radius 3 is 1.38 bits per heavy atom. The Kier molecular flexibility index (Phi) is 5.22. The highest BCUT2D eigenvalue weighted by Crippen LogP contribution is 2.08. The maximum atomic E-state index is 4.42. The van der Waals surface area contributed by atoms with Gasteiger partial charge in [-0.2, -0.15) is 29.4 Å². The highest BCUT2D eigenvalue weighted by Gasteiger charge is 1.93. The summed E-state index contributed by atoms with van der Waals surface area (Å²) in [6, 6.07) is 15.3. The molecule has 12 nitrogen and oxygen atoms in total. The number of aromatic amines is 2. The molecule has 0 atom stereocenters. The van der Waals surface area contributed by atoms with E-state index in [9.17, 15) is 0 Å².